The highest BCUT2D eigenvalue weighted by molar-refractivity contribution is 9.10. The van der Waals surface area contributed by atoms with Gasteiger partial charge in [-0.25, -0.2) is 4.79 Å². The maximum absolute atomic E-state index is 13.1. The number of hydrogen-bond donors (Lipinski definition) is 2. The molecular weight excluding hydrogens is 486 g/mol. The molecule has 0 saturated carbocycles. The zero-order valence-electron chi connectivity index (χ0n) is 17.8. The van der Waals surface area contributed by atoms with Crippen molar-refractivity contribution < 1.29 is 29.3 Å². The van der Waals surface area contributed by atoms with E-state index in [-0.39, 0.29) is 12.2 Å². The van der Waals surface area contributed by atoms with Crippen LogP contribution in [0.4, 0.5) is 0 Å². The van der Waals surface area contributed by atoms with E-state index >= 15 is 0 Å². The molecule has 2 fully saturated rings. The maximum Gasteiger partial charge on any atom is 0.330 e. The van der Waals surface area contributed by atoms with Crippen LogP contribution in [0.1, 0.15) is 43.6 Å². The van der Waals surface area contributed by atoms with Crippen molar-refractivity contribution in [3.63, 3.8) is 0 Å². The number of amides is 1. The van der Waals surface area contributed by atoms with Crippen molar-refractivity contribution in [2.45, 2.75) is 59.9 Å². The summed E-state index contributed by atoms with van der Waals surface area (Å²) >= 11 is 4.67. The maximum atomic E-state index is 13.1. The molecule has 31 heavy (non-hydrogen) atoms. The summed E-state index contributed by atoms with van der Waals surface area (Å²) in [7, 11) is 0. The number of ether oxygens (including phenoxy) is 1. The van der Waals surface area contributed by atoms with Crippen molar-refractivity contribution in [1.82, 2.24) is 4.90 Å². The topological polar surface area (TPSA) is 104 Å². The Morgan fingerprint density at radius 3 is 2.45 bits per heavy atom. The Bertz CT molecular complexity index is 925. The fraction of sp³-hybridized carbons (Fsp3) is 0.500. The number of thioether (sulfide) groups is 1. The Morgan fingerprint density at radius 2 is 1.94 bits per heavy atom. The van der Waals surface area contributed by atoms with E-state index < -0.39 is 49.9 Å². The lowest BCUT2D eigenvalue weighted by Gasteiger charge is -2.51. The van der Waals surface area contributed by atoms with Crippen LogP contribution in [0.25, 0.3) is 0 Å². The van der Waals surface area contributed by atoms with Gasteiger partial charge in [-0.15, -0.1) is 11.8 Å². The quantitative estimate of drug-likeness (QED) is 0.190. The lowest BCUT2D eigenvalue weighted by atomic mass is 9.84. The van der Waals surface area contributed by atoms with Crippen LogP contribution in [0.5, 0.6) is 0 Å². The highest BCUT2D eigenvalue weighted by atomic mass is 79.9. The van der Waals surface area contributed by atoms with Crippen LogP contribution in [0.3, 0.4) is 0 Å². The van der Waals surface area contributed by atoms with Crippen LogP contribution >= 0.6 is 27.7 Å². The fourth-order valence-electron chi connectivity index (χ4n) is 3.89. The van der Waals surface area contributed by atoms with Gasteiger partial charge in [0, 0.05) is 10.3 Å². The third-order valence-corrected chi connectivity index (χ3v) is 8.78. The number of Topliss-reactive ketones (excluding diaryl/α,β-unsaturated/α-hetero) is 1. The fourth-order valence-corrected chi connectivity index (χ4v) is 6.45. The molecule has 2 heterocycles. The molecule has 2 aliphatic rings. The lowest BCUT2D eigenvalue weighted by Crippen LogP contribution is -2.75. The Hall–Kier alpha value is -1.68. The van der Waals surface area contributed by atoms with Gasteiger partial charge in [0.15, 0.2) is 10.1 Å². The Morgan fingerprint density at radius 1 is 1.35 bits per heavy atom. The first kappa shape index (κ1) is 24.0. The summed E-state index contributed by atoms with van der Waals surface area (Å²) in [5, 5.41) is 20.4. The van der Waals surface area contributed by atoms with E-state index in [9.17, 15) is 24.6 Å². The molecule has 3 rings (SSSR count). The van der Waals surface area contributed by atoms with Gasteiger partial charge in [0.1, 0.15) is 24.1 Å². The number of halogens is 1. The second-order valence-corrected chi connectivity index (χ2v) is 11.8. The number of nitrogens with zero attached hydrogens (tertiary/aromatic N) is 1. The molecule has 0 aromatic heterocycles. The number of alkyl halides is 1. The predicted molar refractivity (Wildman–Crippen MR) is 121 cm³/mol. The van der Waals surface area contributed by atoms with Crippen molar-refractivity contribution >= 4 is 45.4 Å². The Kier molecular flexibility index (Phi) is 6.21. The first-order valence-electron chi connectivity index (χ1n) is 9.79. The normalized spacial score (nSPS) is 27.8. The molecule has 4 atom stereocenters. The molecule has 0 aliphatic carbocycles. The SMILES string of the molecule is C=CCOC(=O)[C@@H]1N2C(=O)C(Br)(C(O)C(=O)c3ccc(C(C)(C)O)cc3)[C@H]2SC1(C)C. The van der Waals surface area contributed by atoms with Crippen LogP contribution in [0, 0.1) is 0 Å². The molecular formula is C22H26BrNO6S. The van der Waals surface area contributed by atoms with E-state index in [2.05, 4.69) is 22.5 Å². The van der Waals surface area contributed by atoms with Gasteiger partial charge in [0.05, 0.1) is 5.60 Å². The van der Waals surface area contributed by atoms with Crippen molar-refractivity contribution in [3.05, 3.63) is 48.0 Å². The van der Waals surface area contributed by atoms with Gasteiger partial charge in [0.25, 0.3) is 0 Å². The molecule has 1 amide bonds. The summed E-state index contributed by atoms with van der Waals surface area (Å²) in [5.41, 5.74) is -0.232. The third-order valence-electron chi connectivity index (χ3n) is 5.62. The number of ketones is 1. The first-order chi connectivity index (χ1) is 14.3. The van der Waals surface area contributed by atoms with E-state index in [1.54, 1.807) is 26.0 Å². The number of β-lactam (4-membered cyclic amide) rings is 1. The van der Waals surface area contributed by atoms with Gasteiger partial charge in [-0.2, -0.15) is 0 Å². The Balaban J connectivity index is 1.84. The van der Waals surface area contributed by atoms with Gasteiger partial charge >= 0.3 is 5.97 Å². The number of carbonyl (C=O) groups excluding carboxylic acids is 3. The molecule has 1 aromatic carbocycles. The van der Waals surface area contributed by atoms with Gasteiger partial charge < -0.3 is 19.8 Å². The van der Waals surface area contributed by atoms with Crippen LogP contribution in [0.15, 0.2) is 36.9 Å². The molecule has 2 aliphatic heterocycles. The molecule has 9 heteroatoms. The highest BCUT2D eigenvalue weighted by Crippen LogP contribution is 2.59. The minimum absolute atomic E-state index is 0.0317. The van der Waals surface area contributed by atoms with Crippen LogP contribution in [0.2, 0.25) is 0 Å². The number of rotatable bonds is 7. The monoisotopic (exact) mass is 511 g/mol. The summed E-state index contributed by atoms with van der Waals surface area (Å²) in [6.07, 6.45) is -0.205. The molecule has 168 valence electrons. The molecule has 0 spiro atoms. The molecule has 2 unspecified atom stereocenters. The van der Waals surface area contributed by atoms with Gasteiger partial charge in [-0.05, 0) is 33.3 Å². The standard InChI is InChI=1S/C22H26BrNO6S/c1-6-11-30-17(27)15-21(4,5)31-19-22(23,18(28)24(15)19)16(26)14(25)12-7-9-13(10-8-12)20(2,3)29/h6-10,15-16,19,26,29H,1,11H2,2-5H3/t15-,16?,19+,22?/m0/s1. The highest BCUT2D eigenvalue weighted by Gasteiger charge is 2.74. The van der Waals surface area contributed by atoms with E-state index in [0.717, 1.165) is 0 Å². The van der Waals surface area contributed by atoms with Crippen molar-refractivity contribution in [2.24, 2.45) is 0 Å². The Labute approximate surface area is 194 Å². The number of fused-ring (bicyclic) bond motifs is 1. The van der Waals surface area contributed by atoms with E-state index in [0.29, 0.717) is 5.56 Å². The summed E-state index contributed by atoms with van der Waals surface area (Å²) in [6, 6.07) is 5.40. The number of hydrogen-bond acceptors (Lipinski definition) is 7. The summed E-state index contributed by atoms with van der Waals surface area (Å²) in [5.74, 6) is -1.71. The molecule has 2 N–H and O–H groups in total. The largest absolute Gasteiger partial charge is 0.460 e. The average Bonchev–Trinajstić information content (AvgIpc) is 2.98. The zero-order valence-corrected chi connectivity index (χ0v) is 20.2. The molecule has 1 aromatic rings. The second-order valence-electron chi connectivity index (χ2n) is 8.78. The van der Waals surface area contributed by atoms with E-state index in [4.69, 9.17) is 4.74 Å². The summed E-state index contributed by atoms with van der Waals surface area (Å²) in [6.45, 7) is 10.4. The number of aliphatic hydroxyl groups excluding tert-OH is 1. The van der Waals surface area contributed by atoms with Crippen LogP contribution in [-0.4, -0.2) is 66.0 Å². The molecule has 7 nitrogen and oxygen atoms in total. The first-order valence-corrected chi connectivity index (χ1v) is 11.5. The van der Waals surface area contributed by atoms with E-state index in [1.807, 2.05) is 13.8 Å². The third kappa shape index (κ3) is 3.86. The van der Waals surface area contributed by atoms with Gasteiger partial charge in [-0.3, -0.25) is 9.59 Å². The number of carbonyl (C=O) groups is 3. The summed E-state index contributed by atoms with van der Waals surface area (Å²) in [4.78, 5) is 40.0. The zero-order chi connectivity index (χ0) is 23.4. The van der Waals surface area contributed by atoms with E-state index in [1.165, 1.54) is 34.9 Å². The van der Waals surface area contributed by atoms with Crippen molar-refractivity contribution in [3.8, 4) is 0 Å². The lowest BCUT2D eigenvalue weighted by molar-refractivity contribution is -0.166. The number of aliphatic hydroxyl groups is 2. The number of esters is 1. The average molecular weight is 512 g/mol. The second kappa shape index (κ2) is 8.03. The molecule has 0 radical (unpaired) electrons. The number of benzene rings is 1. The van der Waals surface area contributed by atoms with Gasteiger partial charge in [0.2, 0.25) is 5.91 Å². The van der Waals surface area contributed by atoms with Gasteiger partial charge in [-0.1, -0.05) is 52.9 Å². The van der Waals surface area contributed by atoms with Crippen LogP contribution < -0.4 is 0 Å². The van der Waals surface area contributed by atoms with Crippen LogP contribution in [-0.2, 0) is 19.9 Å². The van der Waals surface area contributed by atoms with Crippen molar-refractivity contribution in [1.29, 1.82) is 0 Å². The molecule has 2 saturated heterocycles. The minimum atomic E-state index is -1.65. The smallest absolute Gasteiger partial charge is 0.330 e. The minimum Gasteiger partial charge on any atom is -0.460 e. The molecule has 0 bridgehead atoms. The summed E-state index contributed by atoms with van der Waals surface area (Å²) < 4.78 is 2.94. The van der Waals surface area contributed by atoms with Crippen molar-refractivity contribution in [2.75, 3.05) is 6.61 Å². The predicted octanol–water partition coefficient (Wildman–Crippen LogP) is 2.38.